The third-order valence-corrected chi connectivity index (χ3v) is 2.15. The average Bonchev–Trinajstić information content (AvgIpc) is 3.01. The number of hydrogen-bond donors (Lipinski definition) is 0. The Kier molecular flexibility index (Phi) is 1.96. The van der Waals surface area contributed by atoms with Gasteiger partial charge in [-0.2, -0.15) is 10.2 Å². The van der Waals surface area contributed by atoms with Crippen LogP contribution in [0.25, 0.3) is 5.57 Å². The molecule has 6 heteroatoms. The molecule has 0 saturated carbocycles. The normalized spacial score (nSPS) is 21.9. The number of allylic oxidation sites excluding steroid dienone is 2. The fourth-order valence-electron chi connectivity index (χ4n) is 1.43. The molecule has 0 amide bonds. The predicted molar refractivity (Wildman–Crippen MR) is 55.9 cm³/mol. The highest BCUT2D eigenvalue weighted by Gasteiger charge is 2.18. The molecule has 0 radical (unpaired) electrons. The van der Waals surface area contributed by atoms with Gasteiger partial charge in [-0.25, -0.2) is 0 Å². The first-order valence-electron chi connectivity index (χ1n) is 4.64. The molecule has 0 aromatic carbocycles. The molecule has 2 aliphatic heterocycles. The van der Waals surface area contributed by atoms with Gasteiger partial charge in [-0.1, -0.05) is 0 Å². The van der Waals surface area contributed by atoms with E-state index in [4.69, 9.17) is 0 Å². The molecule has 0 unspecified atom stereocenters. The Morgan fingerprint density at radius 3 is 2.75 bits per heavy atom. The van der Waals surface area contributed by atoms with Gasteiger partial charge in [0.2, 0.25) is 0 Å². The topological polar surface area (TPSA) is 75.2 Å². The van der Waals surface area contributed by atoms with Gasteiger partial charge in [-0.05, 0) is 6.08 Å². The monoisotopic (exact) mass is 210 g/mol. The second-order valence-corrected chi connectivity index (χ2v) is 3.11. The van der Waals surface area contributed by atoms with E-state index in [2.05, 4.69) is 30.4 Å². The summed E-state index contributed by atoms with van der Waals surface area (Å²) < 4.78 is 0. The third-order valence-electron chi connectivity index (χ3n) is 2.15. The summed E-state index contributed by atoms with van der Waals surface area (Å²) in [7, 11) is 0. The van der Waals surface area contributed by atoms with Crippen molar-refractivity contribution in [2.24, 2.45) is 20.5 Å². The van der Waals surface area contributed by atoms with E-state index in [1.54, 1.807) is 37.1 Å². The molecule has 0 saturated heterocycles. The molecular formula is C10H6N6. The summed E-state index contributed by atoms with van der Waals surface area (Å²) in [5, 5.41) is 15.6. The molecule has 3 rings (SSSR count). The Labute approximate surface area is 90.9 Å². The van der Waals surface area contributed by atoms with Crippen LogP contribution in [0.3, 0.4) is 0 Å². The van der Waals surface area contributed by atoms with Crippen molar-refractivity contribution in [2.75, 3.05) is 0 Å². The summed E-state index contributed by atoms with van der Waals surface area (Å²) in [5.41, 5.74) is 2.91. The molecule has 0 atom stereocenters. The largest absolute Gasteiger partial charge is 0.261 e. The van der Waals surface area contributed by atoms with E-state index in [1.165, 1.54) is 0 Å². The lowest BCUT2D eigenvalue weighted by atomic mass is 10.1. The van der Waals surface area contributed by atoms with E-state index in [-0.39, 0.29) is 0 Å². The van der Waals surface area contributed by atoms with E-state index in [0.29, 0.717) is 11.4 Å². The van der Waals surface area contributed by atoms with Gasteiger partial charge in [0.05, 0.1) is 29.9 Å². The van der Waals surface area contributed by atoms with Crippen molar-refractivity contribution < 1.29 is 0 Å². The molecule has 3 heterocycles. The van der Waals surface area contributed by atoms with E-state index >= 15 is 0 Å². The molecule has 0 spiro atoms. The predicted octanol–water partition coefficient (Wildman–Crippen LogP) is 2.47. The first kappa shape index (κ1) is 8.78. The fourth-order valence-corrected chi connectivity index (χ4v) is 1.43. The van der Waals surface area contributed by atoms with Crippen LogP contribution in [0.15, 0.2) is 68.9 Å². The van der Waals surface area contributed by atoms with Gasteiger partial charge < -0.3 is 0 Å². The van der Waals surface area contributed by atoms with Crippen LogP contribution < -0.4 is 0 Å². The second-order valence-electron chi connectivity index (χ2n) is 3.11. The molecule has 0 fully saturated rings. The van der Waals surface area contributed by atoms with Crippen molar-refractivity contribution in [3.05, 3.63) is 54.2 Å². The lowest BCUT2D eigenvalue weighted by molar-refractivity contribution is 1.13. The fraction of sp³-hybridized carbons (Fsp3) is 0. The Balaban J connectivity index is 2.08. The van der Waals surface area contributed by atoms with E-state index in [0.717, 1.165) is 11.3 Å². The second kappa shape index (κ2) is 3.58. The zero-order chi connectivity index (χ0) is 10.8. The number of hydrogen-bond acceptors (Lipinski definition) is 6. The number of azo groups is 2. The maximum atomic E-state index is 4.20. The number of rotatable bonds is 1. The van der Waals surface area contributed by atoms with Crippen molar-refractivity contribution in [3.8, 4) is 0 Å². The SMILES string of the molecule is C1=CC(=C2N=NC=C2c2cnccn2)N=N1. The van der Waals surface area contributed by atoms with Crippen LogP contribution >= 0.6 is 0 Å². The summed E-state index contributed by atoms with van der Waals surface area (Å²) >= 11 is 0. The standard InChI is InChI=1S/C10H6N6/c1-2-13-15-8(1)10-7(5-14-16-10)9-6-11-3-4-12-9/h1-6H. The van der Waals surface area contributed by atoms with Crippen molar-refractivity contribution in [1.82, 2.24) is 9.97 Å². The Morgan fingerprint density at radius 2 is 2.00 bits per heavy atom. The quantitative estimate of drug-likeness (QED) is 0.713. The maximum absolute atomic E-state index is 4.20. The summed E-state index contributed by atoms with van der Waals surface area (Å²) in [6, 6.07) is 0. The van der Waals surface area contributed by atoms with Crippen LogP contribution in [0.1, 0.15) is 5.69 Å². The van der Waals surface area contributed by atoms with Crippen molar-refractivity contribution >= 4 is 5.57 Å². The molecule has 0 aliphatic carbocycles. The van der Waals surface area contributed by atoms with Gasteiger partial charge in [0.25, 0.3) is 0 Å². The van der Waals surface area contributed by atoms with E-state index in [1.807, 2.05) is 0 Å². The molecule has 0 N–H and O–H groups in total. The van der Waals surface area contributed by atoms with Crippen LogP contribution in [-0.4, -0.2) is 9.97 Å². The Morgan fingerprint density at radius 1 is 1.00 bits per heavy atom. The van der Waals surface area contributed by atoms with Crippen LogP contribution in [-0.2, 0) is 0 Å². The zero-order valence-electron chi connectivity index (χ0n) is 8.15. The first-order valence-corrected chi connectivity index (χ1v) is 4.64. The van der Waals surface area contributed by atoms with E-state index in [9.17, 15) is 0 Å². The van der Waals surface area contributed by atoms with Crippen LogP contribution in [0.2, 0.25) is 0 Å². The van der Waals surface area contributed by atoms with Crippen molar-refractivity contribution in [3.63, 3.8) is 0 Å². The van der Waals surface area contributed by atoms with Gasteiger partial charge >= 0.3 is 0 Å². The highest BCUT2D eigenvalue weighted by molar-refractivity contribution is 5.79. The molecule has 16 heavy (non-hydrogen) atoms. The lowest BCUT2D eigenvalue weighted by Gasteiger charge is -2.01. The molecule has 1 aromatic heterocycles. The summed E-state index contributed by atoms with van der Waals surface area (Å²) in [6.07, 6.45) is 9.96. The van der Waals surface area contributed by atoms with Gasteiger partial charge in [0.15, 0.2) is 0 Å². The average molecular weight is 210 g/mol. The maximum Gasteiger partial charge on any atom is 0.124 e. The summed E-state index contributed by atoms with van der Waals surface area (Å²) in [5.74, 6) is 0. The third kappa shape index (κ3) is 1.36. The summed E-state index contributed by atoms with van der Waals surface area (Å²) in [4.78, 5) is 8.21. The lowest BCUT2D eigenvalue weighted by Crippen LogP contribution is -1.91. The van der Waals surface area contributed by atoms with Crippen molar-refractivity contribution in [2.45, 2.75) is 0 Å². The molecule has 0 bridgehead atoms. The molecular weight excluding hydrogens is 204 g/mol. The highest BCUT2D eigenvalue weighted by Crippen LogP contribution is 2.31. The minimum atomic E-state index is 0.679. The molecule has 76 valence electrons. The van der Waals surface area contributed by atoms with Gasteiger partial charge in [-0.3, -0.25) is 9.97 Å². The minimum Gasteiger partial charge on any atom is -0.261 e. The van der Waals surface area contributed by atoms with Crippen LogP contribution in [0.4, 0.5) is 0 Å². The van der Waals surface area contributed by atoms with Crippen LogP contribution in [0.5, 0.6) is 0 Å². The van der Waals surface area contributed by atoms with Crippen LogP contribution in [0, 0.1) is 0 Å². The smallest absolute Gasteiger partial charge is 0.124 e. The van der Waals surface area contributed by atoms with Gasteiger partial charge in [-0.15, -0.1) is 10.2 Å². The number of aromatic nitrogens is 2. The van der Waals surface area contributed by atoms with Crippen molar-refractivity contribution in [1.29, 1.82) is 0 Å². The minimum absolute atomic E-state index is 0.679. The zero-order valence-corrected chi connectivity index (χ0v) is 8.15. The molecule has 1 aromatic rings. The van der Waals surface area contributed by atoms with Gasteiger partial charge in [0, 0.05) is 12.4 Å². The highest BCUT2D eigenvalue weighted by atomic mass is 15.2. The summed E-state index contributed by atoms with van der Waals surface area (Å²) in [6.45, 7) is 0. The molecule has 2 aliphatic rings. The Bertz CT molecular complexity index is 550. The first-order chi connectivity index (χ1) is 7.95. The number of nitrogens with zero attached hydrogens (tertiary/aromatic N) is 6. The van der Waals surface area contributed by atoms with E-state index < -0.39 is 0 Å². The van der Waals surface area contributed by atoms with Gasteiger partial charge in [0.1, 0.15) is 11.4 Å². The Hall–Kier alpha value is -2.50. The molecule has 6 nitrogen and oxygen atoms in total.